The quantitative estimate of drug-likeness (QED) is 0.529. The number of pyridine rings is 2. The van der Waals surface area contributed by atoms with Crippen molar-refractivity contribution in [1.29, 1.82) is 0 Å². The van der Waals surface area contributed by atoms with E-state index in [2.05, 4.69) is 30.4 Å². The maximum Gasteiger partial charge on any atom is 0.262 e. The highest BCUT2D eigenvalue weighted by molar-refractivity contribution is 6.03. The molecule has 156 valence electrons. The largest absolute Gasteiger partial charge is 0.321 e. The van der Waals surface area contributed by atoms with Crippen LogP contribution in [0.2, 0.25) is 0 Å². The van der Waals surface area contributed by atoms with E-state index in [1.54, 1.807) is 55.1 Å². The molecule has 0 radical (unpaired) electrons. The van der Waals surface area contributed by atoms with E-state index >= 15 is 0 Å². The average molecular weight is 415 g/mol. The molecule has 0 spiro atoms. The van der Waals surface area contributed by atoms with E-state index in [9.17, 15) is 9.59 Å². The third kappa shape index (κ3) is 4.25. The highest BCUT2D eigenvalue weighted by atomic mass is 16.2. The van der Waals surface area contributed by atoms with E-state index in [1.807, 2.05) is 20.8 Å². The Bertz CT molecular complexity index is 1270. The molecule has 4 heterocycles. The van der Waals surface area contributed by atoms with Gasteiger partial charge in [-0.25, -0.2) is 9.97 Å². The van der Waals surface area contributed by atoms with Crippen molar-refractivity contribution in [3.05, 3.63) is 82.8 Å². The molecule has 31 heavy (non-hydrogen) atoms. The molecule has 4 rings (SSSR count). The standard InChI is InChI=1S/C22H21N7O2/c1-22(2,3)17-13-18(29(28-17)21-24-9-4-10-25-21)27-20(31)15-5-6-16(26-19(15)30)14-7-11-23-12-8-14/h4-13H,1-3H3,(H,26,30)(H,27,31). The van der Waals surface area contributed by atoms with E-state index < -0.39 is 11.5 Å². The van der Waals surface area contributed by atoms with Gasteiger partial charge in [0.05, 0.1) is 5.69 Å². The third-order valence-corrected chi connectivity index (χ3v) is 4.61. The summed E-state index contributed by atoms with van der Waals surface area (Å²) in [7, 11) is 0. The van der Waals surface area contributed by atoms with Gasteiger partial charge in [0, 0.05) is 47.5 Å². The number of hydrogen-bond donors (Lipinski definition) is 2. The highest BCUT2D eigenvalue weighted by Gasteiger charge is 2.23. The molecule has 4 aromatic heterocycles. The van der Waals surface area contributed by atoms with Crippen molar-refractivity contribution in [1.82, 2.24) is 29.7 Å². The van der Waals surface area contributed by atoms with Crippen LogP contribution in [0.1, 0.15) is 36.8 Å². The third-order valence-electron chi connectivity index (χ3n) is 4.61. The number of nitrogens with one attached hydrogen (secondary N) is 2. The molecule has 0 unspecified atom stereocenters. The smallest absolute Gasteiger partial charge is 0.262 e. The van der Waals surface area contributed by atoms with Crippen molar-refractivity contribution in [2.24, 2.45) is 0 Å². The van der Waals surface area contributed by atoms with Gasteiger partial charge in [-0.15, -0.1) is 0 Å². The molecule has 0 atom stereocenters. The molecule has 9 nitrogen and oxygen atoms in total. The summed E-state index contributed by atoms with van der Waals surface area (Å²) in [5.41, 5.74) is 1.37. The summed E-state index contributed by atoms with van der Waals surface area (Å²) in [6, 6.07) is 10.2. The van der Waals surface area contributed by atoms with Crippen LogP contribution in [0, 0.1) is 0 Å². The summed E-state index contributed by atoms with van der Waals surface area (Å²) < 4.78 is 1.46. The normalized spacial score (nSPS) is 11.3. The Labute approximate surface area is 178 Å². The molecule has 0 aliphatic carbocycles. The lowest BCUT2D eigenvalue weighted by Gasteiger charge is -2.13. The Hall–Kier alpha value is -4.14. The first-order valence-corrected chi connectivity index (χ1v) is 9.66. The fraction of sp³-hybridized carbons (Fsp3) is 0.182. The van der Waals surface area contributed by atoms with Gasteiger partial charge in [0.15, 0.2) is 0 Å². The number of aromatic nitrogens is 6. The van der Waals surface area contributed by atoms with Gasteiger partial charge in [0.1, 0.15) is 11.4 Å². The molecular formula is C22H21N7O2. The molecule has 0 aliphatic heterocycles. The molecule has 0 aromatic carbocycles. The lowest BCUT2D eigenvalue weighted by Crippen LogP contribution is -2.24. The van der Waals surface area contributed by atoms with Crippen molar-refractivity contribution in [2.45, 2.75) is 26.2 Å². The minimum absolute atomic E-state index is 0.0168. The molecule has 1 amide bonds. The van der Waals surface area contributed by atoms with Crippen molar-refractivity contribution in [3.63, 3.8) is 0 Å². The van der Waals surface area contributed by atoms with Gasteiger partial charge in [-0.3, -0.25) is 14.6 Å². The second kappa shape index (κ2) is 7.94. The summed E-state index contributed by atoms with van der Waals surface area (Å²) in [5, 5.41) is 7.33. The monoisotopic (exact) mass is 415 g/mol. The maximum atomic E-state index is 12.9. The van der Waals surface area contributed by atoms with Gasteiger partial charge in [0.25, 0.3) is 17.4 Å². The van der Waals surface area contributed by atoms with Crippen LogP contribution >= 0.6 is 0 Å². The Balaban J connectivity index is 1.67. The number of nitrogens with zero attached hydrogens (tertiary/aromatic N) is 5. The summed E-state index contributed by atoms with van der Waals surface area (Å²) in [6.45, 7) is 6.04. The van der Waals surface area contributed by atoms with Gasteiger partial charge in [0.2, 0.25) is 0 Å². The van der Waals surface area contributed by atoms with E-state index in [0.717, 1.165) is 11.3 Å². The van der Waals surface area contributed by atoms with Crippen LogP contribution in [0.25, 0.3) is 17.2 Å². The summed E-state index contributed by atoms with van der Waals surface area (Å²) in [6.07, 6.45) is 6.45. The first-order valence-electron chi connectivity index (χ1n) is 9.66. The van der Waals surface area contributed by atoms with Crippen molar-refractivity contribution in [3.8, 4) is 17.2 Å². The number of amides is 1. The summed E-state index contributed by atoms with van der Waals surface area (Å²) >= 11 is 0. The number of hydrogen-bond acceptors (Lipinski definition) is 6. The Morgan fingerprint density at radius 1 is 1.03 bits per heavy atom. The molecule has 0 saturated carbocycles. The number of rotatable bonds is 4. The molecule has 0 fully saturated rings. The van der Waals surface area contributed by atoms with E-state index in [-0.39, 0.29) is 11.0 Å². The topological polar surface area (TPSA) is 118 Å². The number of H-pyrrole nitrogens is 1. The minimum Gasteiger partial charge on any atom is -0.321 e. The number of carbonyl (C=O) groups is 1. The first kappa shape index (κ1) is 20.1. The lowest BCUT2D eigenvalue weighted by atomic mass is 9.92. The first-order chi connectivity index (χ1) is 14.8. The zero-order chi connectivity index (χ0) is 22.0. The highest BCUT2D eigenvalue weighted by Crippen LogP contribution is 2.25. The van der Waals surface area contributed by atoms with Crippen LogP contribution in [-0.4, -0.2) is 35.6 Å². The van der Waals surface area contributed by atoms with Gasteiger partial charge in [-0.2, -0.15) is 9.78 Å². The van der Waals surface area contributed by atoms with Crippen LogP contribution in [0.15, 0.2) is 66.0 Å². The molecule has 4 aromatic rings. The van der Waals surface area contributed by atoms with E-state index in [4.69, 9.17) is 0 Å². The maximum absolute atomic E-state index is 12.9. The van der Waals surface area contributed by atoms with E-state index in [1.165, 1.54) is 10.7 Å². The van der Waals surface area contributed by atoms with Gasteiger partial charge in [-0.05, 0) is 30.3 Å². The van der Waals surface area contributed by atoms with Crippen molar-refractivity contribution >= 4 is 11.7 Å². The van der Waals surface area contributed by atoms with Gasteiger partial charge >= 0.3 is 0 Å². The molecule has 0 bridgehead atoms. The minimum atomic E-state index is -0.555. The fourth-order valence-electron chi connectivity index (χ4n) is 2.93. The lowest BCUT2D eigenvalue weighted by molar-refractivity contribution is 0.102. The van der Waals surface area contributed by atoms with Crippen LogP contribution < -0.4 is 10.9 Å². The number of anilines is 1. The number of carbonyl (C=O) groups excluding carboxylic acids is 1. The zero-order valence-electron chi connectivity index (χ0n) is 17.3. The second-order valence-electron chi connectivity index (χ2n) is 7.93. The van der Waals surface area contributed by atoms with Crippen LogP contribution in [0.4, 0.5) is 5.82 Å². The van der Waals surface area contributed by atoms with Crippen LogP contribution in [0.3, 0.4) is 0 Å². The molecule has 0 saturated heterocycles. The predicted octanol–water partition coefficient (Wildman–Crippen LogP) is 2.96. The van der Waals surface area contributed by atoms with E-state index in [0.29, 0.717) is 17.5 Å². The molecular weight excluding hydrogens is 394 g/mol. The summed E-state index contributed by atoms with van der Waals surface area (Å²) in [4.78, 5) is 40.6. The van der Waals surface area contributed by atoms with Gasteiger partial charge in [-0.1, -0.05) is 20.8 Å². The predicted molar refractivity (Wildman–Crippen MR) is 116 cm³/mol. The number of aromatic amines is 1. The van der Waals surface area contributed by atoms with Crippen LogP contribution in [-0.2, 0) is 5.41 Å². The van der Waals surface area contributed by atoms with Crippen molar-refractivity contribution in [2.75, 3.05) is 5.32 Å². The second-order valence-corrected chi connectivity index (χ2v) is 7.93. The molecule has 0 aliphatic rings. The summed E-state index contributed by atoms with van der Waals surface area (Å²) in [5.74, 6) is 0.133. The zero-order valence-corrected chi connectivity index (χ0v) is 17.3. The van der Waals surface area contributed by atoms with Crippen LogP contribution in [0.5, 0.6) is 0 Å². The van der Waals surface area contributed by atoms with Crippen molar-refractivity contribution < 1.29 is 4.79 Å². The molecule has 2 N–H and O–H groups in total. The SMILES string of the molecule is CC(C)(C)c1cc(NC(=O)c2ccc(-c3ccncc3)[nH]c2=O)n(-c2ncccn2)n1. The Morgan fingerprint density at radius 3 is 2.39 bits per heavy atom. The average Bonchev–Trinajstić information content (AvgIpc) is 3.19. The fourth-order valence-corrected chi connectivity index (χ4v) is 2.93. The van der Waals surface area contributed by atoms with Gasteiger partial charge < -0.3 is 10.3 Å². The Morgan fingerprint density at radius 2 is 1.74 bits per heavy atom. The Kier molecular flexibility index (Phi) is 5.16. The molecule has 9 heteroatoms.